The van der Waals surface area contributed by atoms with Crippen molar-refractivity contribution in [1.82, 2.24) is 5.32 Å². The first-order valence-corrected chi connectivity index (χ1v) is 5.78. The van der Waals surface area contributed by atoms with Gasteiger partial charge in [0, 0.05) is 12.1 Å². The number of rotatable bonds is 2. The van der Waals surface area contributed by atoms with Crippen LogP contribution in [-0.4, -0.2) is 23.2 Å². The Labute approximate surface area is 94.5 Å². The molecule has 2 N–H and O–H groups in total. The van der Waals surface area contributed by atoms with Crippen LogP contribution in [-0.2, 0) is 10.2 Å². The monoisotopic (exact) mass is 217 g/mol. The minimum Gasteiger partial charge on any atom is -0.481 e. The molecule has 3 atom stereocenters. The summed E-state index contributed by atoms with van der Waals surface area (Å²) in [5.74, 6) is -0.682. The Hall–Kier alpha value is -1.35. The van der Waals surface area contributed by atoms with Crippen molar-refractivity contribution in [3.05, 3.63) is 35.9 Å². The number of hydrogen-bond donors (Lipinski definition) is 2. The quantitative estimate of drug-likeness (QED) is 0.790. The number of nitrogens with one attached hydrogen (secondary N) is 1. The second-order valence-corrected chi connectivity index (χ2v) is 4.84. The molecule has 2 fully saturated rings. The average Bonchev–Trinajstić information content (AvgIpc) is 2.90. The van der Waals surface area contributed by atoms with Crippen molar-refractivity contribution in [1.29, 1.82) is 0 Å². The lowest BCUT2D eigenvalue weighted by Gasteiger charge is -2.32. The van der Waals surface area contributed by atoms with E-state index >= 15 is 0 Å². The predicted molar refractivity (Wildman–Crippen MR) is 60.3 cm³/mol. The lowest BCUT2D eigenvalue weighted by atomic mass is 9.69. The maximum absolute atomic E-state index is 11.7. The van der Waals surface area contributed by atoms with Gasteiger partial charge in [-0.3, -0.25) is 4.79 Å². The van der Waals surface area contributed by atoms with E-state index in [0.717, 1.165) is 24.8 Å². The van der Waals surface area contributed by atoms with Gasteiger partial charge in [0.1, 0.15) is 5.41 Å². The highest BCUT2D eigenvalue weighted by Gasteiger charge is 2.56. The van der Waals surface area contributed by atoms with Crippen molar-refractivity contribution >= 4 is 5.97 Å². The Kier molecular flexibility index (Phi) is 2.04. The molecule has 0 aromatic heterocycles. The molecule has 0 aliphatic carbocycles. The molecule has 1 aromatic carbocycles. The third-order valence-corrected chi connectivity index (χ3v) is 4.07. The zero-order valence-corrected chi connectivity index (χ0v) is 9.02. The second-order valence-electron chi connectivity index (χ2n) is 4.84. The van der Waals surface area contributed by atoms with E-state index < -0.39 is 11.4 Å². The molecule has 3 unspecified atom stereocenters. The van der Waals surface area contributed by atoms with Gasteiger partial charge in [0.15, 0.2) is 0 Å². The summed E-state index contributed by atoms with van der Waals surface area (Å²) in [7, 11) is 0. The zero-order valence-electron chi connectivity index (χ0n) is 9.02. The SMILES string of the molecule is O=C(O)C1(c2ccccc2)CC2CCC1N2. The van der Waals surface area contributed by atoms with Crippen LogP contribution in [0.1, 0.15) is 24.8 Å². The van der Waals surface area contributed by atoms with Gasteiger partial charge in [-0.2, -0.15) is 0 Å². The summed E-state index contributed by atoms with van der Waals surface area (Å²) >= 11 is 0. The summed E-state index contributed by atoms with van der Waals surface area (Å²) in [5.41, 5.74) is 0.256. The van der Waals surface area contributed by atoms with Gasteiger partial charge in [-0.05, 0) is 24.8 Å². The van der Waals surface area contributed by atoms with Gasteiger partial charge in [-0.1, -0.05) is 30.3 Å². The first-order chi connectivity index (χ1) is 7.73. The third-order valence-electron chi connectivity index (χ3n) is 4.07. The van der Waals surface area contributed by atoms with E-state index in [9.17, 15) is 9.90 Å². The van der Waals surface area contributed by atoms with Crippen molar-refractivity contribution in [2.75, 3.05) is 0 Å². The van der Waals surface area contributed by atoms with Crippen molar-refractivity contribution in [3.63, 3.8) is 0 Å². The summed E-state index contributed by atoms with van der Waals surface area (Å²) in [6.45, 7) is 0. The Bertz CT molecular complexity index is 417. The first kappa shape index (κ1) is 9.85. The van der Waals surface area contributed by atoms with Crippen molar-refractivity contribution < 1.29 is 9.90 Å². The Morgan fingerprint density at radius 2 is 2.06 bits per heavy atom. The molecule has 0 radical (unpaired) electrons. The number of hydrogen-bond acceptors (Lipinski definition) is 2. The second kappa shape index (κ2) is 3.32. The molecule has 0 amide bonds. The molecule has 2 saturated heterocycles. The normalized spacial score (nSPS) is 36.5. The molecule has 16 heavy (non-hydrogen) atoms. The highest BCUT2D eigenvalue weighted by atomic mass is 16.4. The van der Waals surface area contributed by atoms with Crippen LogP contribution in [0, 0.1) is 0 Å². The third kappa shape index (κ3) is 1.15. The van der Waals surface area contributed by atoms with E-state index in [2.05, 4.69) is 5.32 Å². The standard InChI is InChI=1S/C13H15NO2/c15-12(16)13(9-4-2-1-3-5-9)8-10-6-7-11(13)14-10/h1-5,10-11,14H,6-8H2,(H,15,16). The molecule has 2 bridgehead atoms. The van der Waals surface area contributed by atoms with E-state index in [0.29, 0.717) is 6.04 Å². The number of carbonyl (C=O) groups is 1. The minimum atomic E-state index is -0.690. The van der Waals surface area contributed by atoms with Crippen LogP contribution in [0.2, 0.25) is 0 Å². The molecule has 3 heteroatoms. The van der Waals surface area contributed by atoms with E-state index in [4.69, 9.17) is 0 Å². The fraction of sp³-hybridized carbons (Fsp3) is 0.462. The molecular weight excluding hydrogens is 202 g/mol. The molecule has 3 nitrogen and oxygen atoms in total. The van der Waals surface area contributed by atoms with Gasteiger partial charge in [-0.25, -0.2) is 0 Å². The average molecular weight is 217 g/mol. The molecule has 0 saturated carbocycles. The van der Waals surface area contributed by atoms with Gasteiger partial charge >= 0.3 is 5.97 Å². The summed E-state index contributed by atoms with van der Waals surface area (Å²) in [5, 5.41) is 13.0. The van der Waals surface area contributed by atoms with Gasteiger partial charge in [0.05, 0.1) is 0 Å². The van der Waals surface area contributed by atoms with Crippen LogP contribution in [0.4, 0.5) is 0 Å². The summed E-state index contributed by atoms with van der Waals surface area (Å²) in [6.07, 6.45) is 2.83. The molecule has 0 spiro atoms. The fourth-order valence-electron chi connectivity index (χ4n) is 3.31. The van der Waals surface area contributed by atoms with E-state index in [1.54, 1.807) is 0 Å². The predicted octanol–water partition coefficient (Wildman–Crippen LogP) is 1.53. The van der Waals surface area contributed by atoms with Gasteiger partial charge in [0.2, 0.25) is 0 Å². The van der Waals surface area contributed by atoms with Crippen molar-refractivity contribution in [2.24, 2.45) is 0 Å². The molecule has 2 aliphatic rings. The smallest absolute Gasteiger partial charge is 0.315 e. The van der Waals surface area contributed by atoms with Crippen LogP contribution < -0.4 is 5.32 Å². The maximum Gasteiger partial charge on any atom is 0.315 e. The molecule has 3 rings (SSSR count). The minimum absolute atomic E-state index is 0.109. The van der Waals surface area contributed by atoms with Crippen LogP contribution in [0.25, 0.3) is 0 Å². The highest BCUT2D eigenvalue weighted by molar-refractivity contribution is 5.83. The molecule has 2 heterocycles. The topological polar surface area (TPSA) is 49.3 Å². The van der Waals surface area contributed by atoms with Crippen molar-refractivity contribution in [2.45, 2.75) is 36.8 Å². The maximum atomic E-state index is 11.7. The highest BCUT2D eigenvalue weighted by Crippen LogP contribution is 2.45. The van der Waals surface area contributed by atoms with E-state index in [1.165, 1.54) is 0 Å². The number of carboxylic acid groups (broad SMARTS) is 1. The van der Waals surface area contributed by atoms with Crippen LogP contribution in [0.15, 0.2) is 30.3 Å². The summed E-state index contributed by atoms with van der Waals surface area (Å²) in [6, 6.07) is 10.2. The van der Waals surface area contributed by atoms with Gasteiger partial charge < -0.3 is 10.4 Å². The largest absolute Gasteiger partial charge is 0.481 e. The van der Waals surface area contributed by atoms with Crippen LogP contribution in [0.5, 0.6) is 0 Å². The number of fused-ring (bicyclic) bond motifs is 2. The Morgan fingerprint density at radius 3 is 2.56 bits per heavy atom. The number of carboxylic acids is 1. The number of aliphatic carboxylic acids is 1. The molecule has 2 aliphatic heterocycles. The zero-order chi connectivity index (χ0) is 11.2. The lowest BCUT2D eigenvalue weighted by molar-refractivity contribution is -0.144. The van der Waals surface area contributed by atoms with Crippen LogP contribution >= 0.6 is 0 Å². The van der Waals surface area contributed by atoms with Gasteiger partial charge in [0.25, 0.3) is 0 Å². The lowest BCUT2D eigenvalue weighted by Crippen LogP contribution is -2.46. The molecular formula is C13H15NO2. The van der Waals surface area contributed by atoms with E-state index in [-0.39, 0.29) is 6.04 Å². The van der Waals surface area contributed by atoms with E-state index in [1.807, 2.05) is 30.3 Å². The number of benzene rings is 1. The molecule has 84 valence electrons. The van der Waals surface area contributed by atoms with Crippen molar-refractivity contribution in [3.8, 4) is 0 Å². The van der Waals surface area contributed by atoms with Crippen LogP contribution in [0.3, 0.4) is 0 Å². The first-order valence-electron chi connectivity index (χ1n) is 5.78. The summed E-state index contributed by atoms with van der Waals surface area (Å²) < 4.78 is 0. The Balaban J connectivity index is 2.08. The summed E-state index contributed by atoms with van der Waals surface area (Å²) in [4.78, 5) is 11.7. The molecule has 1 aromatic rings. The Morgan fingerprint density at radius 1 is 1.31 bits per heavy atom. The fourth-order valence-corrected chi connectivity index (χ4v) is 3.31. The van der Waals surface area contributed by atoms with Gasteiger partial charge in [-0.15, -0.1) is 0 Å².